The van der Waals surface area contributed by atoms with Crippen molar-refractivity contribution in [2.24, 2.45) is 0 Å². The molecule has 1 N–H and O–H groups in total. The summed E-state index contributed by atoms with van der Waals surface area (Å²) in [6, 6.07) is 10.1. The first kappa shape index (κ1) is 19.7. The van der Waals surface area contributed by atoms with Crippen molar-refractivity contribution in [3.05, 3.63) is 59.9 Å². The van der Waals surface area contributed by atoms with Crippen LogP contribution in [0.5, 0.6) is 0 Å². The molecule has 26 heavy (non-hydrogen) atoms. The van der Waals surface area contributed by atoms with Crippen LogP contribution >= 0.6 is 0 Å². The molecule has 0 bridgehead atoms. The fourth-order valence-corrected chi connectivity index (χ4v) is 3.13. The van der Waals surface area contributed by atoms with Gasteiger partial charge in [-0.2, -0.15) is 4.31 Å². The van der Waals surface area contributed by atoms with E-state index in [0.29, 0.717) is 11.3 Å². The molecule has 0 unspecified atom stereocenters. The second-order valence-electron chi connectivity index (χ2n) is 5.89. The zero-order valence-corrected chi connectivity index (χ0v) is 15.5. The number of hydrogen-bond acceptors (Lipinski definition) is 5. The third-order valence-electron chi connectivity index (χ3n) is 3.72. The average Bonchev–Trinajstić information content (AvgIpc) is 2.58. The Kier molecular flexibility index (Phi) is 6.59. The van der Waals surface area contributed by atoms with Crippen LogP contribution in [0.4, 0.5) is 5.69 Å². The fourth-order valence-electron chi connectivity index (χ4n) is 2.32. The van der Waals surface area contributed by atoms with Crippen LogP contribution in [0.25, 0.3) is 0 Å². The molecular weight excluding hydrogens is 354 g/mol. The van der Waals surface area contributed by atoms with Gasteiger partial charge in [0.2, 0.25) is 15.9 Å². The molecule has 0 fully saturated rings. The highest BCUT2D eigenvalue weighted by atomic mass is 32.2. The Bertz CT molecular complexity index is 882. The number of nitrogens with zero attached hydrogens (tertiary/aromatic N) is 2. The van der Waals surface area contributed by atoms with E-state index < -0.39 is 10.0 Å². The van der Waals surface area contributed by atoms with Gasteiger partial charge >= 0.3 is 0 Å². The predicted octanol–water partition coefficient (Wildman–Crippen LogP) is 2.07. The van der Waals surface area contributed by atoms with Crippen molar-refractivity contribution in [2.45, 2.75) is 19.9 Å². The maximum Gasteiger partial charge on any atom is 0.225 e. The topological polar surface area (TPSA) is 96.4 Å². The van der Waals surface area contributed by atoms with Gasteiger partial charge in [-0.25, -0.2) is 8.42 Å². The minimum absolute atomic E-state index is 0.00243. The summed E-state index contributed by atoms with van der Waals surface area (Å²) in [7, 11) is -3.46. The summed E-state index contributed by atoms with van der Waals surface area (Å²) in [5, 5.41) is 2.69. The van der Waals surface area contributed by atoms with Gasteiger partial charge in [-0.1, -0.05) is 12.1 Å². The average molecular weight is 375 g/mol. The number of carbonyl (C=O) groups excluding carboxylic acids is 2. The van der Waals surface area contributed by atoms with Gasteiger partial charge in [-0.3, -0.25) is 14.6 Å². The first-order valence-electron chi connectivity index (χ1n) is 8.00. The second-order valence-corrected chi connectivity index (χ2v) is 7.87. The van der Waals surface area contributed by atoms with Gasteiger partial charge < -0.3 is 5.32 Å². The molecule has 138 valence electrons. The summed E-state index contributed by atoms with van der Waals surface area (Å²) in [6.45, 7) is 1.68. The summed E-state index contributed by atoms with van der Waals surface area (Å²) in [4.78, 5) is 27.4. The maximum absolute atomic E-state index is 12.1. The van der Waals surface area contributed by atoms with Crippen LogP contribution in [0, 0.1) is 0 Å². The van der Waals surface area contributed by atoms with Crippen molar-refractivity contribution in [1.82, 2.24) is 9.29 Å². The molecule has 0 aliphatic rings. The zero-order chi connectivity index (χ0) is 19.2. The monoisotopic (exact) mass is 375 g/mol. The quantitative estimate of drug-likeness (QED) is 0.713. The lowest BCUT2D eigenvalue weighted by Crippen LogP contribution is -2.32. The lowest BCUT2D eigenvalue weighted by atomic mass is 10.1. The van der Waals surface area contributed by atoms with E-state index >= 15 is 0 Å². The summed E-state index contributed by atoms with van der Waals surface area (Å²) in [6.07, 6.45) is 4.29. The standard InChI is InChI=1S/C18H21N3O4S/c1-14(22)16-4-3-5-17(12-16)20-18(23)8-11-21(26(2,24)25)13-15-6-9-19-10-7-15/h3-7,9-10,12H,8,11,13H2,1-2H3,(H,20,23). The third-order valence-corrected chi connectivity index (χ3v) is 4.97. The van der Waals surface area contributed by atoms with Crippen LogP contribution in [0.2, 0.25) is 0 Å². The van der Waals surface area contributed by atoms with Crippen LogP contribution in [0.1, 0.15) is 29.3 Å². The van der Waals surface area contributed by atoms with Crippen molar-refractivity contribution >= 4 is 27.4 Å². The normalized spacial score (nSPS) is 11.3. The molecule has 0 saturated heterocycles. The van der Waals surface area contributed by atoms with Crippen molar-refractivity contribution in [2.75, 3.05) is 18.1 Å². The number of anilines is 1. The SMILES string of the molecule is CC(=O)c1cccc(NC(=O)CCN(Cc2ccncc2)S(C)(=O)=O)c1. The molecule has 1 heterocycles. The summed E-state index contributed by atoms with van der Waals surface area (Å²) >= 11 is 0. The van der Waals surface area contributed by atoms with Gasteiger partial charge in [0.15, 0.2) is 5.78 Å². The number of benzene rings is 1. The number of aromatic nitrogens is 1. The number of hydrogen-bond donors (Lipinski definition) is 1. The number of amides is 1. The number of carbonyl (C=O) groups is 2. The maximum atomic E-state index is 12.1. The highest BCUT2D eigenvalue weighted by Gasteiger charge is 2.18. The second kappa shape index (κ2) is 8.68. The molecule has 0 radical (unpaired) electrons. The molecule has 0 spiro atoms. The zero-order valence-electron chi connectivity index (χ0n) is 14.7. The molecule has 0 atom stereocenters. The molecule has 1 aromatic heterocycles. The lowest BCUT2D eigenvalue weighted by Gasteiger charge is -2.19. The number of nitrogens with one attached hydrogen (secondary N) is 1. The third kappa shape index (κ3) is 6.05. The van der Waals surface area contributed by atoms with Gasteiger partial charge in [0.25, 0.3) is 0 Å². The van der Waals surface area contributed by atoms with Crippen molar-refractivity contribution in [1.29, 1.82) is 0 Å². The molecular formula is C18H21N3O4S. The van der Waals surface area contributed by atoms with Gasteiger partial charge in [0, 0.05) is 43.2 Å². The van der Waals surface area contributed by atoms with E-state index in [-0.39, 0.29) is 31.2 Å². The molecule has 0 aliphatic carbocycles. The largest absolute Gasteiger partial charge is 0.326 e. The first-order valence-corrected chi connectivity index (χ1v) is 9.85. The van der Waals surface area contributed by atoms with E-state index in [1.165, 1.54) is 11.2 Å². The smallest absolute Gasteiger partial charge is 0.225 e. The number of sulfonamides is 1. The summed E-state index contributed by atoms with van der Waals surface area (Å²) in [5.41, 5.74) is 1.79. The van der Waals surface area contributed by atoms with Crippen LogP contribution < -0.4 is 5.32 Å². The Hall–Kier alpha value is -2.58. The molecule has 2 rings (SSSR count). The Morgan fingerprint density at radius 3 is 2.46 bits per heavy atom. The van der Waals surface area contributed by atoms with Crippen molar-refractivity contribution in [3.8, 4) is 0 Å². The van der Waals surface area contributed by atoms with E-state index in [2.05, 4.69) is 10.3 Å². The number of rotatable bonds is 8. The van der Waals surface area contributed by atoms with Crippen molar-refractivity contribution < 1.29 is 18.0 Å². The Morgan fingerprint density at radius 2 is 1.85 bits per heavy atom. The molecule has 1 aromatic carbocycles. The Labute approximate surface area is 153 Å². The summed E-state index contributed by atoms with van der Waals surface area (Å²) in [5.74, 6) is -0.421. The van der Waals surface area contributed by atoms with Gasteiger partial charge in [-0.15, -0.1) is 0 Å². The van der Waals surface area contributed by atoms with Crippen LogP contribution in [-0.4, -0.2) is 42.2 Å². The molecule has 0 aliphatic heterocycles. The van der Waals surface area contributed by atoms with Crippen LogP contribution in [0.3, 0.4) is 0 Å². The summed E-state index contributed by atoms with van der Waals surface area (Å²) < 4.78 is 25.2. The van der Waals surface area contributed by atoms with Gasteiger partial charge in [0.1, 0.15) is 0 Å². The fraction of sp³-hybridized carbons (Fsp3) is 0.278. The highest BCUT2D eigenvalue weighted by molar-refractivity contribution is 7.88. The molecule has 2 aromatic rings. The van der Waals surface area contributed by atoms with E-state index in [9.17, 15) is 18.0 Å². The molecule has 0 saturated carbocycles. The van der Waals surface area contributed by atoms with Gasteiger partial charge in [-0.05, 0) is 36.8 Å². The number of ketones is 1. The Balaban J connectivity index is 1.98. The highest BCUT2D eigenvalue weighted by Crippen LogP contribution is 2.13. The lowest BCUT2D eigenvalue weighted by molar-refractivity contribution is -0.116. The van der Waals surface area contributed by atoms with E-state index in [1.54, 1.807) is 48.8 Å². The number of pyridine rings is 1. The minimum atomic E-state index is -3.46. The predicted molar refractivity (Wildman–Crippen MR) is 99.2 cm³/mol. The molecule has 1 amide bonds. The molecule has 7 nitrogen and oxygen atoms in total. The van der Waals surface area contributed by atoms with E-state index in [4.69, 9.17) is 0 Å². The first-order chi connectivity index (χ1) is 12.3. The molecule has 8 heteroatoms. The van der Waals surface area contributed by atoms with Gasteiger partial charge in [0.05, 0.1) is 6.26 Å². The minimum Gasteiger partial charge on any atom is -0.326 e. The van der Waals surface area contributed by atoms with Crippen molar-refractivity contribution in [3.63, 3.8) is 0 Å². The van der Waals surface area contributed by atoms with Crippen LogP contribution in [0.15, 0.2) is 48.8 Å². The number of Topliss-reactive ketones (excluding diaryl/α,β-unsaturated/α-hetero) is 1. The van der Waals surface area contributed by atoms with E-state index in [0.717, 1.165) is 11.8 Å². The van der Waals surface area contributed by atoms with Crippen LogP contribution in [-0.2, 0) is 21.4 Å². The Morgan fingerprint density at radius 1 is 1.15 bits per heavy atom. The van der Waals surface area contributed by atoms with E-state index in [1.807, 2.05) is 0 Å².